The van der Waals surface area contributed by atoms with Crippen LogP contribution in [0.3, 0.4) is 0 Å². The van der Waals surface area contributed by atoms with Crippen molar-refractivity contribution in [1.82, 2.24) is 24.4 Å². The molecule has 3 heterocycles. The summed E-state index contributed by atoms with van der Waals surface area (Å²) in [4.78, 5) is 4.79. The van der Waals surface area contributed by atoms with Gasteiger partial charge in [-0.05, 0) is 51.0 Å². The fourth-order valence-electron chi connectivity index (χ4n) is 3.51. The molecule has 1 aromatic carbocycles. The van der Waals surface area contributed by atoms with Gasteiger partial charge in [0, 0.05) is 35.4 Å². The van der Waals surface area contributed by atoms with Crippen LogP contribution in [0.5, 0.6) is 5.75 Å². The monoisotopic (exact) mass is 373 g/mol. The summed E-state index contributed by atoms with van der Waals surface area (Å²) in [6.45, 7) is 7.86. The fraction of sp³-hybridized carbons (Fsp3) is 0.227. The maximum atomic E-state index is 5.72. The van der Waals surface area contributed by atoms with Gasteiger partial charge in [0.05, 0.1) is 24.1 Å². The smallest absolute Gasteiger partial charge is 0.163 e. The Morgan fingerprint density at radius 2 is 2.07 bits per heavy atom. The van der Waals surface area contributed by atoms with Gasteiger partial charge in [0.2, 0.25) is 0 Å². The normalized spacial score (nSPS) is 11.1. The van der Waals surface area contributed by atoms with Crippen LogP contribution in [0.25, 0.3) is 22.5 Å². The highest BCUT2D eigenvalue weighted by Gasteiger charge is 2.19. The van der Waals surface area contributed by atoms with Crippen LogP contribution in [0.2, 0.25) is 0 Å². The largest absolute Gasteiger partial charge is 0.496 e. The third kappa shape index (κ3) is 3.07. The molecule has 0 aliphatic carbocycles. The molecule has 6 heteroatoms. The molecular weight excluding hydrogens is 350 g/mol. The lowest BCUT2D eigenvalue weighted by Gasteiger charge is -2.11. The zero-order valence-corrected chi connectivity index (χ0v) is 16.4. The van der Waals surface area contributed by atoms with E-state index in [0.717, 1.165) is 58.1 Å². The zero-order chi connectivity index (χ0) is 19.7. The molecule has 0 radical (unpaired) electrons. The van der Waals surface area contributed by atoms with E-state index in [9.17, 15) is 0 Å². The number of methoxy groups -OCH3 is 1. The van der Waals surface area contributed by atoms with Gasteiger partial charge in [-0.2, -0.15) is 10.2 Å². The summed E-state index contributed by atoms with van der Waals surface area (Å²) in [5.41, 5.74) is 6.77. The second kappa shape index (κ2) is 7.31. The van der Waals surface area contributed by atoms with Crippen LogP contribution in [0, 0.1) is 13.8 Å². The number of aryl methyl sites for hydroxylation is 3. The summed E-state index contributed by atoms with van der Waals surface area (Å²) in [6.07, 6.45) is 7.36. The van der Waals surface area contributed by atoms with Gasteiger partial charge < -0.3 is 4.74 Å². The molecule has 0 N–H and O–H groups in total. The number of nitrogens with zero attached hydrogens (tertiary/aromatic N) is 5. The third-order valence-electron chi connectivity index (χ3n) is 4.79. The van der Waals surface area contributed by atoms with Gasteiger partial charge in [-0.3, -0.25) is 0 Å². The van der Waals surface area contributed by atoms with Crippen molar-refractivity contribution in [3.63, 3.8) is 0 Å². The first kappa shape index (κ1) is 18.0. The maximum absolute atomic E-state index is 5.72. The van der Waals surface area contributed by atoms with Crippen LogP contribution in [0.1, 0.15) is 23.5 Å². The molecule has 142 valence electrons. The quantitative estimate of drug-likeness (QED) is 0.472. The number of allylic oxidation sites excluding steroid dienone is 1. The van der Waals surface area contributed by atoms with Gasteiger partial charge in [0.25, 0.3) is 0 Å². The molecule has 0 saturated heterocycles. The Balaban J connectivity index is 1.90. The second-order valence-electron chi connectivity index (χ2n) is 6.75. The summed E-state index contributed by atoms with van der Waals surface area (Å²) in [5, 5.41) is 9.08. The zero-order valence-electron chi connectivity index (χ0n) is 16.4. The number of hydrogen-bond donors (Lipinski definition) is 0. The van der Waals surface area contributed by atoms with Crippen LogP contribution in [-0.4, -0.2) is 31.5 Å². The highest BCUT2D eigenvalue weighted by Crippen LogP contribution is 2.36. The number of rotatable bonds is 6. The molecular formula is C22H23N5O. The van der Waals surface area contributed by atoms with Crippen LogP contribution in [0.15, 0.2) is 55.4 Å². The molecule has 0 aliphatic rings. The first-order valence-corrected chi connectivity index (χ1v) is 9.27. The topological polar surface area (TPSA) is 57.2 Å². The summed E-state index contributed by atoms with van der Waals surface area (Å²) in [7, 11) is 1.68. The molecule has 0 spiro atoms. The molecule has 0 saturated carbocycles. The first-order valence-electron chi connectivity index (χ1n) is 9.27. The first-order chi connectivity index (χ1) is 13.6. The molecule has 3 aromatic heterocycles. The minimum absolute atomic E-state index is 0.766. The molecule has 0 amide bonds. The fourth-order valence-corrected chi connectivity index (χ4v) is 3.51. The van der Waals surface area contributed by atoms with Crippen molar-refractivity contribution in [1.29, 1.82) is 0 Å². The summed E-state index contributed by atoms with van der Waals surface area (Å²) >= 11 is 0. The van der Waals surface area contributed by atoms with Crippen LogP contribution in [0.4, 0.5) is 0 Å². The molecule has 28 heavy (non-hydrogen) atoms. The molecule has 0 bridgehead atoms. The summed E-state index contributed by atoms with van der Waals surface area (Å²) in [6, 6.07) is 10.0. The van der Waals surface area contributed by atoms with Crippen molar-refractivity contribution < 1.29 is 4.74 Å². The van der Waals surface area contributed by atoms with E-state index in [4.69, 9.17) is 14.8 Å². The molecule has 0 unspecified atom stereocenters. The van der Waals surface area contributed by atoms with Crippen LogP contribution < -0.4 is 4.74 Å². The van der Waals surface area contributed by atoms with Gasteiger partial charge >= 0.3 is 0 Å². The number of hydrogen-bond acceptors (Lipinski definition) is 4. The summed E-state index contributed by atoms with van der Waals surface area (Å²) in [5.74, 6) is 0.766. The average molecular weight is 373 g/mol. The van der Waals surface area contributed by atoms with Crippen molar-refractivity contribution in [3.05, 3.63) is 72.5 Å². The Kier molecular flexibility index (Phi) is 4.69. The van der Waals surface area contributed by atoms with E-state index in [1.807, 2.05) is 59.6 Å². The van der Waals surface area contributed by atoms with Gasteiger partial charge in [-0.15, -0.1) is 6.58 Å². The van der Waals surface area contributed by atoms with Crippen molar-refractivity contribution in [2.75, 3.05) is 7.11 Å². The minimum atomic E-state index is 0.766. The van der Waals surface area contributed by atoms with Gasteiger partial charge in [-0.1, -0.05) is 6.08 Å². The highest BCUT2D eigenvalue weighted by molar-refractivity contribution is 5.84. The van der Waals surface area contributed by atoms with Gasteiger partial charge in [0.1, 0.15) is 5.75 Å². The van der Waals surface area contributed by atoms with Crippen molar-refractivity contribution in [2.45, 2.75) is 26.7 Å². The maximum Gasteiger partial charge on any atom is 0.163 e. The molecule has 4 rings (SSSR count). The second-order valence-corrected chi connectivity index (χ2v) is 6.75. The molecule has 0 fully saturated rings. The van der Waals surface area contributed by atoms with E-state index < -0.39 is 0 Å². The van der Waals surface area contributed by atoms with Crippen molar-refractivity contribution >= 4 is 5.65 Å². The van der Waals surface area contributed by atoms with E-state index in [0.29, 0.717) is 0 Å². The average Bonchev–Trinajstić information content (AvgIpc) is 3.33. The summed E-state index contributed by atoms with van der Waals surface area (Å²) < 4.78 is 9.47. The minimum Gasteiger partial charge on any atom is -0.496 e. The predicted octanol–water partition coefficient (Wildman–Crippen LogP) is 4.33. The van der Waals surface area contributed by atoms with Gasteiger partial charge in [0.15, 0.2) is 5.65 Å². The van der Waals surface area contributed by atoms with Crippen LogP contribution in [-0.2, 0) is 6.42 Å². The number of benzene rings is 1. The van der Waals surface area contributed by atoms with E-state index in [1.165, 1.54) is 0 Å². The Morgan fingerprint density at radius 3 is 2.79 bits per heavy atom. The standard InChI is InChI=1S/C22H23N5O/c1-5-6-8-18-13-15(2)24-22-21(16(3)25-27(18)22)19-10-9-17(14-20(19)28-4)26-12-7-11-23-26/h5,7,9-14H,1,6,8H2,2-4H3. The number of fused-ring (bicyclic) bond motifs is 1. The van der Waals surface area contributed by atoms with E-state index in [2.05, 4.69) is 17.7 Å². The lowest BCUT2D eigenvalue weighted by atomic mass is 10.0. The Labute approximate surface area is 164 Å². The molecule has 4 aromatic rings. The molecule has 6 nitrogen and oxygen atoms in total. The number of ether oxygens (including phenoxy) is 1. The van der Waals surface area contributed by atoms with E-state index in [-0.39, 0.29) is 0 Å². The van der Waals surface area contributed by atoms with E-state index >= 15 is 0 Å². The van der Waals surface area contributed by atoms with Crippen molar-refractivity contribution in [3.8, 4) is 22.6 Å². The lowest BCUT2D eigenvalue weighted by molar-refractivity contribution is 0.416. The van der Waals surface area contributed by atoms with Crippen molar-refractivity contribution in [2.24, 2.45) is 0 Å². The highest BCUT2D eigenvalue weighted by atomic mass is 16.5. The number of aromatic nitrogens is 5. The Hall–Kier alpha value is -3.41. The van der Waals surface area contributed by atoms with Crippen LogP contribution >= 0.6 is 0 Å². The Morgan fingerprint density at radius 1 is 1.21 bits per heavy atom. The third-order valence-corrected chi connectivity index (χ3v) is 4.79. The SMILES string of the molecule is C=CCCc1cc(C)nc2c(-c3ccc(-n4cccn4)cc3OC)c(C)nn12. The molecule has 0 atom stereocenters. The predicted molar refractivity (Wildman–Crippen MR) is 110 cm³/mol. The van der Waals surface area contributed by atoms with Gasteiger partial charge in [-0.25, -0.2) is 14.2 Å². The lowest BCUT2D eigenvalue weighted by Crippen LogP contribution is -2.02. The Bertz CT molecular complexity index is 1140. The van der Waals surface area contributed by atoms with E-state index in [1.54, 1.807) is 13.3 Å². The molecule has 0 aliphatic heterocycles.